The molecule has 0 aliphatic rings. The molecule has 2 aromatic rings. The van der Waals surface area contributed by atoms with Crippen LogP contribution in [0.15, 0.2) is 30.6 Å². The Balaban J connectivity index is 2.03. The lowest BCUT2D eigenvalue weighted by atomic mass is 10.2. The third-order valence-electron chi connectivity index (χ3n) is 2.39. The molecule has 2 rings (SSSR count). The summed E-state index contributed by atoms with van der Waals surface area (Å²) < 4.78 is 5.47. The topological polar surface area (TPSA) is 47.0 Å². The lowest BCUT2D eigenvalue weighted by molar-refractivity contribution is 0.0870. The third-order valence-corrected chi connectivity index (χ3v) is 2.39. The summed E-state index contributed by atoms with van der Waals surface area (Å²) in [6.07, 6.45) is 1.84. The van der Waals surface area contributed by atoms with Gasteiger partial charge in [-0.25, -0.2) is 9.97 Å². The van der Waals surface area contributed by atoms with Crippen molar-refractivity contribution >= 4 is 16.7 Å². The average Bonchev–Trinajstić information content (AvgIpc) is 2.34. The molecule has 1 aromatic heterocycles. The van der Waals surface area contributed by atoms with Crippen molar-refractivity contribution in [2.24, 2.45) is 0 Å². The summed E-state index contributed by atoms with van der Waals surface area (Å²) in [7, 11) is 0. The summed E-state index contributed by atoms with van der Waals surface area (Å²) in [5.41, 5.74) is 0.953. The first-order chi connectivity index (χ1) is 8.27. The number of fused-ring (bicyclic) bond motifs is 1. The van der Waals surface area contributed by atoms with Gasteiger partial charge in [0.25, 0.3) is 0 Å². The van der Waals surface area contributed by atoms with Gasteiger partial charge in [0.1, 0.15) is 12.1 Å². The summed E-state index contributed by atoms with van der Waals surface area (Å²) >= 11 is 0. The molecule has 0 fully saturated rings. The number of hydrogen-bond donors (Lipinski definition) is 1. The van der Waals surface area contributed by atoms with Gasteiger partial charge in [-0.2, -0.15) is 0 Å². The van der Waals surface area contributed by atoms with Crippen LogP contribution in [-0.2, 0) is 4.74 Å². The van der Waals surface area contributed by atoms with Crippen molar-refractivity contribution in [3.8, 4) is 0 Å². The molecule has 1 heterocycles. The molecule has 0 aliphatic heterocycles. The average molecular weight is 231 g/mol. The molecule has 0 amide bonds. The number of rotatable bonds is 5. The van der Waals surface area contributed by atoms with Crippen LogP contribution in [0.4, 0.5) is 5.82 Å². The van der Waals surface area contributed by atoms with Gasteiger partial charge in [0, 0.05) is 11.9 Å². The van der Waals surface area contributed by atoms with Crippen molar-refractivity contribution in [3.05, 3.63) is 30.6 Å². The van der Waals surface area contributed by atoms with Crippen molar-refractivity contribution < 1.29 is 4.74 Å². The highest BCUT2D eigenvalue weighted by atomic mass is 16.5. The Labute approximate surface area is 101 Å². The smallest absolute Gasteiger partial charge is 0.137 e. The second kappa shape index (κ2) is 5.59. The lowest BCUT2D eigenvalue weighted by Gasteiger charge is -2.10. The highest BCUT2D eigenvalue weighted by molar-refractivity contribution is 5.88. The molecule has 0 radical (unpaired) electrons. The number of ether oxygens (including phenoxy) is 1. The molecule has 0 bridgehead atoms. The zero-order valence-electron chi connectivity index (χ0n) is 10.2. The van der Waals surface area contributed by atoms with E-state index < -0.39 is 0 Å². The quantitative estimate of drug-likeness (QED) is 0.803. The van der Waals surface area contributed by atoms with Crippen LogP contribution in [0, 0.1) is 0 Å². The molecule has 0 unspecified atom stereocenters. The maximum absolute atomic E-state index is 5.47. The molecule has 4 heteroatoms. The number of aromatic nitrogens is 2. The van der Waals surface area contributed by atoms with Crippen LogP contribution in [-0.4, -0.2) is 29.2 Å². The largest absolute Gasteiger partial charge is 0.377 e. The molecule has 0 saturated carbocycles. The number of para-hydroxylation sites is 1. The van der Waals surface area contributed by atoms with Crippen LogP contribution in [0.3, 0.4) is 0 Å². The zero-order valence-corrected chi connectivity index (χ0v) is 10.2. The van der Waals surface area contributed by atoms with Gasteiger partial charge in [-0.1, -0.05) is 12.1 Å². The van der Waals surface area contributed by atoms with E-state index in [9.17, 15) is 0 Å². The second-order valence-corrected chi connectivity index (χ2v) is 4.09. The summed E-state index contributed by atoms with van der Waals surface area (Å²) in [4.78, 5) is 8.46. The molecule has 1 N–H and O–H groups in total. The summed E-state index contributed by atoms with van der Waals surface area (Å²) in [5, 5.41) is 4.31. The van der Waals surface area contributed by atoms with E-state index in [4.69, 9.17) is 4.74 Å². The van der Waals surface area contributed by atoms with Gasteiger partial charge in [-0.05, 0) is 26.0 Å². The van der Waals surface area contributed by atoms with Gasteiger partial charge >= 0.3 is 0 Å². The Morgan fingerprint density at radius 1 is 1.24 bits per heavy atom. The standard InChI is InChI=1S/C13H17N3O/c1-10(2)17-8-7-14-13-11-5-3-4-6-12(11)15-9-16-13/h3-6,9-10H,7-8H2,1-2H3,(H,14,15,16). The summed E-state index contributed by atoms with van der Waals surface area (Å²) in [6, 6.07) is 7.95. The van der Waals surface area contributed by atoms with Crippen LogP contribution < -0.4 is 5.32 Å². The van der Waals surface area contributed by atoms with Gasteiger partial charge < -0.3 is 10.1 Å². The van der Waals surface area contributed by atoms with Crippen LogP contribution >= 0.6 is 0 Å². The highest BCUT2D eigenvalue weighted by Crippen LogP contribution is 2.17. The lowest BCUT2D eigenvalue weighted by Crippen LogP contribution is -2.14. The number of nitrogens with one attached hydrogen (secondary N) is 1. The fourth-order valence-corrected chi connectivity index (χ4v) is 1.61. The Morgan fingerprint density at radius 2 is 2.06 bits per heavy atom. The SMILES string of the molecule is CC(C)OCCNc1ncnc2ccccc12. The minimum absolute atomic E-state index is 0.263. The molecule has 90 valence electrons. The fourth-order valence-electron chi connectivity index (χ4n) is 1.61. The van der Waals surface area contributed by atoms with Crippen LogP contribution in [0.1, 0.15) is 13.8 Å². The summed E-state index contributed by atoms with van der Waals surface area (Å²) in [5.74, 6) is 0.864. The Kier molecular flexibility index (Phi) is 3.88. The molecule has 0 atom stereocenters. The Morgan fingerprint density at radius 3 is 2.88 bits per heavy atom. The summed E-state index contributed by atoms with van der Waals surface area (Å²) in [6.45, 7) is 5.48. The third kappa shape index (κ3) is 3.14. The van der Waals surface area contributed by atoms with Crippen molar-refractivity contribution in [1.82, 2.24) is 9.97 Å². The van der Waals surface area contributed by atoms with Crippen LogP contribution in [0.5, 0.6) is 0 Å². The van der Waals surface area contributed by atoms with Gasteiger partial charge in [0.2, 0.25) is 0 Å². The highest BCUT2D eigenvalue weighted by Gasteiger charge is 2.01. The van der Waals surface area contributed by atoms with Crippen molar-refractivity contribution in [2.75, 3.05) is 18.5 Å². The van der Waals surface area contributed by atoms with Crippen molar-refractivity contribution in [1.29, 1.82) is 0 Å². The van der Waals surface area contributed by atoms with Gasteiger partial charge in [0.05, 0.1) is 18.2 Å². The first-order valence-corrected chi connectivity index (χ1v) is 5.82. The van der Waals surface area contributed by atoms with Gasteiger partial charge in [-0.3, -0.25) is 0 Å². The van der Waals surface area contributed by atoms with Crippen molar-refractivity contribution in [2.45, 2.75) is 20.0 Å². The normalized spacial score (nSPS) is 11.0. The maximum Gasteiger partial charge on any atom is 0.137 e. The molecule has 1 aromatic carbocycles. The second-order valence-electron chi connectivity index (χ2n) is 4.09. The Bertz CT molecular complexity index is 480. The molecule has 0 aliphatic carbocycles. The monoisotopic (exact) mass is 231 g/mol. The predicted octanol–water partition coefficient (Wildman–Crippen LogP) is 2.47. The first kappa shape index (κ1) is 11.8. The van der Waals surface area contributed by atoms with Crippen molar-refractivity contribution in [3.63, 3.8) is 0 Å². The molecule has 17 heavy (non-hydrogen) atoms. The molecular formula is C13H17N3O. The molecule has 4 nitrogen and oxygen atoms in total. The first-order valence-electron chi connectivity index (χ1n) is 5.82. The van der Waals surface area contributed by atoms with Gasteiger partial charge in [-0.15, -0.1) is 0 Å². The van der Waals surface area contributed by atoms with E-state index in [0.29, 0.717) is 6.61 Å². The number of hydrogen-bond acceptors (Lipinski definition) is 4. The van der Waals surface area contributed by atoms with E-state index in [1.165, 1.54) is 0 Å². The molecule has 0 spiro atoms. The number of benzene rings is 1. The van der Waals surface area contributed by atoms with Gasteiger partial charge in [0.15, 0.2) is 0 Å². The van der Waals surface area contributed by atoms with E-state index >= 15 is 0 Å². The van der Waals surface area contributed by atoms with E-state index in [0.717, 1.165) is 23.3 Å². The van der Waals surface area contributed by atoms with E-state index in [1.807, 2.05) is 38.1 Å². The predicted molar refractivity (Wildman–Crippen MR) is 69.1 cm³/mol. The molecular weight excluding hydrogens is 214 g/mol. The van der Waals surface area contributed by atoms with E-state index in [2.05, 4.69) is 15.3 Å². The van der Waals surface area contributed by atoms with E-state index in [1.54, 1.807) is 6.33 Å². The zero-order chi connectivity index (χ0) is 12.1. The molecule has 0 saturated heterocycles. The van der Waals surface area contributed by atoms with Crippen LogP contribution in [0.2, 0.25) is 0 Å². The minimum atomic E-state index is 0.263. The Hall–Kier alpha value is -1.68. The van der Waals surface area contributed by atoms with E-state index in [-0.39, 0.29) is 6.10 Å². The number of anilines is 1. The maximum atomic E-state index is 5.47. The minimum Gasteiger partial charge on any atom is -0.377 e. The number of nitrogens with zero attached hydrogens (tertiary/aromatic N) is 2. The fraction of sp³-hybridized carbons (Fsp3) is 0.385. The van der Waals surface area contributed by atoms with Crippen LogP contribution in [0.25, 0.3) is 10.9 Å².